The SMILES string of the molecule is COC(=O)c1ccc(C(=O)OC)c(NC(=O)C(=O)NCc2ccc3c(c2)OCO3)c1. The summed E-state index contributed by atoms with van der Waals surface area (Å²) in [5.41, 5.74) is 0.694. The maximum atomic E-state index is 12.3. The van der Waals surface area contributed by atoms with Crippen molar-refractivity contribution in [2.24, 2.45) is 0 Å². The van der Waals surface area contributed by atoms with E-state index in [0.29, 0.717) is 17.1 Å². The Balaban J connectivity index is 1.69. The van der Waals surface area contributed by atoms with E-state index in [0.717, 1.165) is 0 Å². The molecule has 0 saturated heterocycles. The van der Waals surface area contributed by atoms with Crippen molar-refractivity contribution >= 4 is 29.4 Å². The highest BCUT2D eigenvalue weighted by molar-refractivity contribution is 6.40. The Hall–Kier alpha value is -4.08. The first-order chi connectivity index (χ1) is 14.4. The monoisotopic (exact) mass is 414 g/mol. The molecule has 2 aromatic carbocycles. The molecule has 0 bridgehead atoms. The third-order valence-corrected chi connectivity index (χ3v) is 4.19. The minimum absolute atomic E-state index is 0.0259. The minimum Gasteiger partial charge on any atom is -0.465 e. The smallest absolute Gasteiger partial charge is 0.339 e. The number of hydrogen-bond donors (Lipinski definition) is 2. The number of amides is 2. The van der Waals surface area contributed by atoms with Crippen LogP contribution in [0.25, 0.3) is 0 Å². The number of nitrogens with one attached hydrogen (secondary N) is 2. The first-order valence-electron chi connectivity index (χ1n) is 8.71. The zero-order valence-electron chi connectivity index (χ0n) is 16.1. The molecule has 10 heteroatoms. The molecule has 0 aromatic heterocycles. The normalized spacial score (nSPS) is 11.4. The number of esters is 2. The van der Waals surface area contributed by atoms with Crippen molar-refractivity contribution in [1.82, 2.24) is 5.32 Å². The second kappa shape index (κ2) is 8.95. The standard InChI is InChI=1S/C20H18N2O8/c1-27-19(25)12-4-5-13(20(26)28-2)14(8-12)22-18(24)17(23)21-9-11-3-6-15-16(7-11)30-10-29-15/h3-8H,9-10H2,1-2H3,(H,21,23)(H,22,24). The van der Waals surface area contributed by atoms with E-state index in [1.54, 1.807) is 18.2 Å². The molecule has 0 radical (unpaired) electrons. The van der Waals surface area contributed by atoms with Gasteiger partial charge in [-0.05, 0) is 35.9 Å². The van der Waals surface area contributed by atoms with Gasteiger partial charge >= 0.3 is 23.8 Å². The van der Waals surface area contributed by atoms with Crippen LogP contribution < -0.4 is 20.1 Å². The highest BCUT2D eigenvalue weighted by Crippen LogP contribution is 2.32. The van der Waals surface area contributed by atoms with Crippen LogP contribution in [0.5, 0.6) is 11.5 Å². The molecule has 0 spiro atoms. The Morgan fingerprint density at radius 1 is 0.900 bits per heavy atom. The van der Waals surface area contributed by atoms with Crippen LogP contribution in [0.2, 0.25) is 0 Å². The fourth-order valence-electron chi connectivity index (χ4n) is 2.67. The summed E-state index contributed by atoms with van der Waals surface area (Å²) in [4.78, 5) is 48.1. The Bertz CT molecular complexity index is 1020. The van der Waals surface area contributed by atoms with Gasteiger partial charge in [0.1, 0.15) is 0 Å². The Morgan fingerprint density at radius 2 is 1.63 bits per heavy atom. The minimum atomic E-state index is -1.03. The first kappa shape index (κ1) is 20.6. The zero-order chi connectivity index (χ0) is 21.7. The van der Waals surface area contributed by atoms with Gasteiger partial charge in [-0.15, -0.1) is 0 Å². The number of anilines is 1. The van der Waals surface area contributed by atoms with E-state index in [1.807, 2.05) is 0 Å². The fraction of sp³-hybridized carbons (Fsp3) is 0.200. The van der Waals surface area contributed by atoms with Crippen molar-refractivity contribution in [3.8, 4) is 11.5 Å². The number of rotatable bonds is 5. The van der Waals surface area contributed by atoms with E-state index in [9.17, 15) is 19.2 Å². The maximum Gasteiger partial charge on any atom is 0.339 e. The summed E-state index contributed by atoms with van der Waals surface area (Å²) >= 11 is 0. The summed E-state index contributed by atoms with van der Waals surface area (Å²) in [5, 5.41) is 4.78. The number of ether oxygens (including phenoxy) is 4. The average Bonchev–Trinajstić information content (AvgIpc) is 3.24. The van der Waals surface area contributed by atoms with Gasteiger partial charge < -0.3 is 29.6 Å². The molecule has 30 heavy (non-hydrogen) atoms. The molecule has 156 valence electrons. The molecule has 0 saturated carbocycles. The lowest BCUT2D eigenvalue weighted by Crippen LogP contribution is -2.35. The molecule has 2 N–H and O–H groups in total. The summed E-state index contributed by atoms with van der Waals surface area (Å²) in [6.45, 7) is 0.190. The molecular weight excluding hydrogens is 396 g/mol. The van der Waals surface area contributed by atoms with Crippen molar-refractivity contribution in [2.75, 3.05) is 26.3 Å². The Morgan fingerprint density at radius 3 is 2.37 bits per heavy atom. The van der Waals surface area contributed by atoms with E-state index in [4.69, 9.17) is 9.47 Å². The number of hydrogen-bond acceptors (Lipinski definition) is 8. The largest absolute Gasteiger partial charge is 0.465 e. The summed E-state index contributed by atoms with van der Waals surface area (Å²) in [5.74, 6) is -2.23. The van der Waals surface area contributed by atoms with Gasteiger partial charge in [-0.1, -0.05) is 6.07 Å². The van der Waals surface area contributed by atoms with Gasteiger partial charge in [-0.2, -0.15) is 0 Å². The van der Waals surface area contributed by atoms with Crippen LogP contribution in [0.4, 0.5) is 5.69 Å². The predicted molar refractivity (Wildman–Crippen MR) is 102 cm³/mol. The van der Waals surface area contributed by atoms with Gasteiger partial charge in [0.25, 0.3) is 0 Å². The van der Waals surface area contributed by atoms with Crippen LogP contribution in [-0.4, -0.2) is 44.8 Å². The third-order valence-electron chi connectivity index (χ3n) is 4.19. The van der Waals surface area contributed by atoms with Crippen LogP contribution in [0.3, 0.4) is 0 Å². The van der Waals surface area contributed by atoms with Crippen LogP contribution >= 0.6 is 0 Å². The van der Waals surface area contributed by atoms with Crippen LogP contribution in [0, 0.1) is 0 Å². The summed E-state index contributed by atoms with van der Waals surface area (Å²) < 4.78 is 19.8. The first-order valence-corrected chi connectivity index (χ1v) is 8.71. The highest BCUT2D eigenvalue weighted by atomic mass is 16.7. The van der Waals surface area contributed by atoms with Gasteiger partial charge in [0, 0.05) is 6.54 Å². The zero-order valence-corrected chi connectivity index (χ0v) is 16.1. The Kier molecular flexibility index (Phi) is 6.16. The molecule has 0 fully saturated rings. The van der Waals surface area contributed by atoms with Gasteiger partial charge in [-0.25, -0.2) is 9.59 Å². The number of methoxy groups -OCH3 is 2. The number of carbonyl (C=O) groups excluding carboxylic acids is 4. The summed E-state index contributed by atoms with van der Waals surface area (Å²) in [7, 11) is 2.36. The van der Waals surface area contributed by atoms with E-state index in [1.165, 1.54) is 32.4 Å². The molecular formula is C20H18N2O8. The molecule has 0 aliphatic carbocycles. The molecule has 2 amide bonds. The number of carbonyl (C=O) groups is 4. The van der Waals surface area contributed by atoms with Crippen molar-refractivity contribution in [3.05, 3.63) is 53.1 Å². The molecule has 0 atom stereocenters. The lowest BCUT2D eigenvalue weighted by atomic mass is 10.1. The number of fused-ring (bicyclic) bond motifs is 1. The summed E-state index contributed by atoms with van der Waals surface area (Å²) in [6.07, 6.45) is 0. The second-order valence-electron chi connectivity index (χ2n) is 6.07. The average molecular weight is 414 g/mol. The predicted octanol–water partition coefficient (Wildman–Crippen LogP) is 1.24. The molecule has 10 nitrogen and oxygen atoms in total. The molecule has 1 heterocycles. The van der Waals surface area contributed by atoms with Crippen LogP contribution in [0.1, 0.15) is 26.3 Å². The quantitative estimate of drug-likeness (QED) is 0.552. The van der Waals surface area contributed by atoms with Gasteiger partial charge in [0.05, 0.1) is 31.0 Å². The molecule has 1 aliphatic rings. The van der Waals surface area contributed by atoms with Gasteiger partial charge in [0.15, 0.2) is 11.5 Å². The van der Waals surface area contributed by atoms with Crippen molar-refractivity contribution in [2.45, 2.75) is 6.54 Å². The van der Waals surface area contributed by atoms with Gasteiger partial charge in [0.2, 0.25) is 6.79 Å². The molecule has 0 unspecified atom stereocenters. The fourth-order valence-corrected chi connectivity index (χ4v) is 2.67. The van der Waals surface area contributed by atoms with Gasteiger partial charge in [-0.3, -0.25) is 9.59 Å². The van der Waals surface area contributed by atoms with Crippen molar-refractivity contribution in [3.63, 3.8) is 0 Å². The lowest BCUT2D eigenvalue weighted by Gasteiger charge is -2.11. The topological polar surface area (TPSA) is 129 Å². The second-order valence-corrected chi connectivity index (χ2v) is 6.07. The van der Waals surface area contributed by atoms with Crippen LogP contribution in [0.15, 0.2) is 36.4 Å². The lowest BCUT2D eigenvalue weighted by molar-refractivity contribution is -0.136. The molecule has 3 rings (SSSR count). The van der Waals surface area contributed by atoms with E-state index in [-0.39, 0.29) is 30.2 Å². The molecule has 2 aromatic rings. The van der Waals surface area contributed by atoms with E-state index in [2.05, 4.69) is 20.1 Å². The Labute approximate surface area is 171 Å². The summed E-state index contributed by atoms with van der Waals surface area (Å²) in [6, 6.07) is 8.97. The highest BCUT2D eigenvalue weighted by Gasteiger charge is 2.21. The van der Waals surface area contributed by atoms with Crippen molar-refractivity contribution < 1.29 is 38.1 Å². The maximum absolute atomic E-state index is 12.3. The van der Waals surface area contributed by atoms with E-state index < -0.39 is 23.8 Å². The van der Waals surface area contributed by atoms with Crippen LogP contribution in [-0.2, 0) is 25.6 Å². The van der Waals surface area contributed by atoms with E-state index >= 15 is 0 Å². The molecule has 1 aliphatic heterocycles. The number of benzene rings is 2. The third kappa shape index (κ3) is 4.49. The van der Waals surface area contributed by atoms with Crippen molar-refractivity contribution in [1.29, 1.82) is 0 Å².